The number of aliphatic hydroxyl groups is 1. The van der Waals surface area contributed by atoms with Crippen LogP contribution < -0.4 is 0 Å². The number of aliphatic hydroxyl groups excluding tert-OH is 1. The molecule has 0 heterocycles. The van der Waals surface area contributed by atoms with Crippen molar-refractivity contribution >= 4 is 5.97 Å². The molecule has 0 saturated heterocycles. The molecule has 2 fully saturated rings. The Morgan fingerprint density at radius 2 is 1.68 bits per heavy atom. The van der Waals surface area contributed by atoms with Crippen LogP contribution >= 0.6 is 0 Å². The first-order valence-electron chi connectivity index (χ1n) is 14.0. The molecular weight excluding hydrogens is 420 g/mol. The molecule has 0 aromatic rings. The number of fused-ring (bicyclic) bond motifs is 4. The molecule has 0 amide bonds. The van der Waals surface area contributed by atoms with Crippen LogP contribution in [0.25, 0.3) is 0 Å². The summed E-state index contributed by atoms with van der Waals surface area (Å²) in [5, 5.41) is 21.1. The summed E-state index contributed by atoms with van der Waals surface area (Å²) in [6, 6.07) is 0. The van der Waals surface area contributed by atoms with Gasteiger partial charge in [-0.05, 0) is 104 Å². The van der Waals surface area contributed by atoms with Crippen molar-refractivity contribution in [3.63, 3.8) is 0 Å². The van der Waals surface area contributed by atoms with Gasteiger partial charge in [0, 0.05) is 0 Å². The zero-order valence-electron chi connectivity index (χ0n) is 23.0. The largest absolute Gasteiger partial charge is 0.481 e. The van der Waals surface area contributed by atoms with E-state index in [2.05, 4.69) is 55.0 Å². The van der Waals surface area contributed by atoms with Crippen molar-refractivity contribution in [1.82, 2.24) is 0 Å². The van der Waals surface area contributed by atoms with Crippen molar-refractivity contribution in [3.8, 4) is 0 Å². The zero-order chi connectivity index (χ0) is 25.3. The molecule has 3 nitrogen and oxygen atoms in total. The number of rotatable bonds is 6. The molecule has 4 aliphatic rings. The standard InChI is InChI=1S/C31H50O3/c1-19(2)20(3)9-10-21(27(33)34)22-13-17-31(8)24-11-12-25-28(4,5)26(32)15-16-29(25,6)23(24)14-18-30(22,31)7/h19,21-22,25-26,32H,3,9-18H2,1-2,4-8H3,(H,33,34)/t21-,22-,25+,26-,29-,30+,31+/m0/s1. The number of allylic oxidation sites excluding steroid dienone is 3. The van der Waals surface area contributed by atoms with E-state index in [1.807, 2.05) is 0 Å². The van der Waals surface area contributed by atoms with Crippen molar-refractivity contribution in [2.24, 2.45) is 45.3 Å². The minimum Gasteiger partial charge on any atom is -0.481 e. The summed E-state index contributed by atoms with van der Waals surface area (Å²) in [5.41, 5.74) is 4.84. The molecule has 0 spiro atoms. The summed E-state index contributed by atoms with van der Waals surface area (Å²) < 4.78 is 0. The number of hydrogen-bond donors (Lipinski definition) is 2. The molecule has 2 saturated carbocycles. The van der Waals surface area contributed by atoms with E-state index in [0.717, 1.165) is 64.2 Å². The van der Waals surface area contributed by atoms with E-state index in [9.17, 15) is 15.0 Å². The average Bonchev–Trinajstić information content (AvgIpc) is 3.02. The first-order chi connectivity index (χ1) is 15.7. The van der Waals surface area contributed by atoms with Crippen molar-refractivity contribution in [2.45, 2.75) is 119 Å². The smallest absolute Gasteiger partial charge is 0.306 e. The topological polar surface area (TPSA) is 57.5 Å². The number of carbonyl (C=O) groups is 1. The SMILES string of the molecule is C=C(CC[C@H](C(=O)O)[C@@H]1CC[C@]2(C)C3=C(CC[C@]12C)[C@]1(C)CC[C@H](O)C(C)(C)[C@H]1CC3)C(C)C. The lowest BCUT2D eigenvalue weighted by atomic mass is 9.43. The number of carboxylic acid groups (broad SMARTS) is 1. The molecule has 0 aromatic carbocycles. The molecule has 0 aliphatic heterocycles. The molecule has 0 radical (unpaired) electrons. The molecule has 4 rings (SSSR count). The van der Waals surface area contributed by atoms with Crippen LogP contribution in [0.1, 0.15) is 113 Å². The molecule has 4 aliphatic carbocycles. The Balaban J connectivity index is 1.67. The van der Waals surface area contributed by atoms with Crippen LogP contribution in [0.3, 0.4) is 0 Å². The Morgan fingerprint density at radius 1 is 1.00 bits per heavy atom. The minimum absolute atomic E-state index is 0.0426. The second-order valence-electron chi connectivity index (χ2n) is 14.0. The molecule has 2 N–H and O–H groups in total. The van der Waals surface area contributed by atoms with Gasteiger partial charge >= 0.3 is 5.97 Å². The fraction of sp³-hybridized carbons (Fsp3) is 0.839. The van der Waals surface area contributed by atoms with E-state index in [0.29, 0.717) is 11.8 Å². The van der Waals surface area contributed by atoms with E-state index in [-0.39, 0.29) is 39.6 Å². The Labute approximate surface area is 208 Å². The summed E-state index contributed by atoms with van der Waals surface area (Å²) in [6.07, 6.45) is 9.98. The number of hydrogen-bond acceptors (Lipinski definition) is 2. The summed E-state index contributed by atoms with van der Waals surface area (Å²) in [6.45, 7) is 20.5. The summed E-state index contributed by atoms with van der Waals surface area (Å²) in [4.78, 5) is 12.5. The molecule has 192 valence electrons. The normalized spacial score (nSPS) is 42.1. The van der Waals surface area contributed by atoms with Gasteiger partial charge in [0.15, 0.2) is 0 Å². The second kappa shape index (κ2) is 8.49. The van der Waals surface area contributed by atoms with E-state index in [1.54, 1.807) is 11.1 Å². The van der Waals surface area contributed by atoms with Gasteiger partial charge in [0.2, 0.25) is 0 Å². The molecule has 3 heteroatoms. The van der Waals surface area contributed by atoms with Crippen LogP contribution in [0.5, 0.6) is 0 Å². The number of carboxylic acids is 1. The van der Waals surface area contributed by atoms with Crippen molar-refractivity contribution < 1.29 is 15.0 Å². The van der Waals surface area contributed by atoms with Crippen LogP contribution in [0.15, 0.2) is 23.3 Å². The summed E-state index contributed by atoms with van der Waals surface area (Å²) >= 11 is 0. The van der Waals surface area contributed by atoms with Crippen LogP contribution in [0, 0.1) is 45.3 Å². The molecule has 0 bridgehead atoms. The zero-order valence-corrected chi connectivity index (χ0v) is 23.0. The molecule has 7 atom stereocenters. The predicted octanol–water partition coefficient (Wildman–Crippen LogP) is 7.79. The lowest BCUT2D eigenvalue weighted by Crippen LogP contribution is -2.55. The van der Waals surface area contributed by atoms with Gasteiger partial charge in [-0.15, -0.1) is 0 Å². The maximum atomic E-state index is 12.5. The van der Waals surface area contributed by atoms with Crippen molar-refractivity contribution in [2.75, 3.05) is 0 Å². The predicted molar refractivity (Wildman–Crippen MR) is 139 cm³/mol. The maximum absolute atomic E-state index is 12.5. The highest BCUT2D eigenvalue weighted by Gasteiger charge is 2.64. The van der Waals surface area contributed by atoms with Crippen LogP contribution in [-0.4, -0.2) is 22.3 Å². The summed E-state index contributed by atoms with van der Waals surface area (Å²) in [7, 11) is 0. The highest BCUT2D eigenvalue weighted by Crippen LogP contribution is 2.72. The van der Waals surface area contributed by atoms with Gasteiger partial charge in [-0.2, -0.15) is 0 Å². The highest BCUT2D eigenvalue weighted by atomic mass is 16.4. The quantitative estimate of drug-likeness (QED) is 0.389. The molecule has 0 aromatic heterocycles. The minimum atomic E-state index is -0.606. The maximum Gasteiger partial charge on any atom is 0.306 e. The molecular formula is C31H50O3. The van der Waals surface area contributed by atoms with Gasteiger partial charge in [0.05, 0.1) is 12.0 Å². The molecule has 34 heavy (non-hydrogen) atoms. The number of aliphatic carboxylic acids is 1. The van der Waals surface area contributed by atoms with Gasteiger partial charge in [-0.3, -0.25) is 4.79 Å². The Hall–Kier alpha value is -1.09. The van der Waals surface area contributed by atoms with E-state index >= 15 is 0 Å². The van der Waals surface area contributed by atoms with Crippen molar-refractivity contribution in [1.29, 1.82) is 0 Å². The van der Waals surface area contributed by atoms with Gasteiger partial charge in [-0.1, -0.05) is 71.8 Å². The van der Waals surface area contributed by atoms with Crippen LogP contribution in [-0.2, 0) is 4.79 Å². The monoisotopic (exact) mass is 470 g/mol. The Kier molecular flexibility index (Phi) is 6.49. The summed E-state index contributed by atoms with van der Waals surface area (Å²) in [5.74, 6) is 0.293. The van der Waals surface area contributed by atoms with Crippen LogP contribution in [0.2, 0.25) is 0 Å². The lowest BCUT2D eigenvalue weighted by Gasteiger charge is -2.62. The molecule has 0 unspecified atom stereocenters. The third-order valence-electron chi connectivity index (χ3n) is 12.2. The van der Waals surface area contributed by atoms with Crippen LogP contribution in [0.4, 0.5) is 0 Å². The van der Waals surface area contributed by atoms with Gasteiger partial charge in [0.1, 0.15) is 0 Å². The van der Waals surface area contributed by atoms with E-state index < -0.39 is 5.97 Å². The highest BCUT2D eigenvalue weighted by molar-refractivity contribution is 5.70. The average molecular weight is 471 g/mol. The van der Waals surface area contributed by atoms with Gasteiger partial charge in [-0.25, -0.2) is 0 Å². The first-order valence-corrected chi connectivity index (χ1v) is 14.0. The first kappa shape index (κ1) is 26.0. The van der Waals surface area contributed by atoms with E-state index in [1.165, 1.54) is 5.57 Å². The van der Waals surface area contributed by atoms with E-state index in [4.69, 9.17) is 0 Å². The lowest BCUT2D eigenvalue weighted by molar-refractivity contribution is -0.146. The second-order valence-corrected chi connectivity index (χ2v) is 14.0. The fourth-order valence-electron chi connectivity index (χ4n) is 9.49. The third-order valence-corrected chi connectivity index (χ3v) is 12.2. The van der Waals surface area contributed by atoms with Crippen molar-refractivity contribution in [3.05, 3.63) is 23.3 Å². The Morgan fingerprint density at radius 3 is 2.29 bits per heavy atom. The van der Waals surface area contributed by atoms with Gasteiger partial charge < -0.3 is 10.2 Å². The Bertz CT molecular complexity index is 881. The van der Waals surface area contributed by atoms with Gasteiger partial charge in [0.25, 0.3) is 0 Å². The third kappa shape index (κ3) is 3.58. The fourth-order valence-corrected chi connectivity index (χ4v) is 9.49.